The van der Waals surface area contributed by atoms with E-state index in [9.17, 15) is 9.59 Å². The molecule has 3 aliphatic rings. The summed E-state index contributed by atoms with van der Waals surface area (Å²) in [5, 5.41) is 5.72. The molecule has 0 radical (unpaired) electrons. The molecule has 0 aromatic carbocycles. The second-order valence-electron chi connectivity index (χ2n) is 9.73. The minimum atomic E-state index is -0.721. The Morgan fingerprint density at radius 3 is 2.50 bits per heavy atom. The molecule has 30 heavy (non-hydrogen) atoms. The van der Waals surface area contributed by atoms with Crippen LogP contribution in [0.25, 0.3) is 0 Å². The van der Waals surface area contributed by atoms with Gasteiger partial charge >= 0.3 is 6.03 Å². The number of epoxide rings is 2. The van der Waals surface area contributed by atoms with Crippen molar-refractivity contribution in [2.45, 2.75) is 89.4 Å². The number of ether oxygens (including phenoxy) is 3. The number of methoxy groups -OCH3 is 1. The first-order valence-corrected chi connectivity index (χ1v) is 10.9. The van der Waals surface area contributed by atoms with E-state index in [-0.39, 0.29) is 41.3 Å². The summed E-state index contributed by atoms with van der Waals surface area (Å²) in [7, 11) is 1.67. The topological polar surface area (TPSA) is 119 Å². The first kappa shape index (κ1) is 23.0. The average Bonchev–Trinajstić information content (AvgIpc) is 3.56. The number of urea groups is 1. The van der Waals surface area contributed by atoms with Crippen molar-refractivity contribution in [2.24, 2.45) is 17.6 Å². The van der Waals surface area contributed by atoms with Crippen LogP contribution in [0, 0.1) is 11.8 Å². The maximum atomic E-state index is 12.6. The lowest BCUT2D eigenvalue weighted by Crippen LogP contribution is -2.61. The van der Waals surface area contributed by atoms with Gasteiger partial charge in [-0.1, -0.05) is 25.5 Å². The van der Waals surface area contributed by atoms with E-state index in [1.165, 1.54) is 5.57 Å². The molecule has 3 amide bonds. The van der Waals surface area contributed by atoms with Gasteiger partial charge in [0, 0.05) is 13.0 Å². The molecule has 1 aliphatic carbocycles. The van der Waals surface area contributed by atoms with Crippen LogP contribution < -0.4 is 16.4 Å². The molecule has 0 bridgehead atoms. The lowest BCUT2D eigenvalue weighted by molar-refractivity contribution is -0.120. The smallest absolute Gasteiger partial charge is 0.315 e. The minimum absolute atomic E-state index is 0.0154. The minimum Gasteiger partial charge on any atom is -0.379 e. The van der Waals surface area contributed by atoms with Crippen LogP contribution in [0.15, 0.2) is 11.6 Å². The van der Waals surface area contributed by atoms with Crippen molar-refractivity contribution >= 4 is 11.9 Å². The molecule has 2 aliphatic heterocycles. The molecule has 4 N–H and O–H groups in total. The van der Waals surface area contributed by atoms with Gasteiger partial charge in [-0.05, 0) is 46.0 Å². The van der Waals surface area contributed by atoms with Gasteiger partial charge in [-0.15, -0.1) is 0 Å². The van der Waals surface area contributed by atoms with Gasteiger partial charge in [-0.25, -0.2) is 4.79 Å². The SMILES string of the molecule is CO[C@@H]1[C@H](NC(=O)NC(C(N)=O)C(C)C)CC[C@]2(CO2)[C@H]1[C@@]1(C)O[C@@H]1CC=C(C)C. The van der Waals surface area contributed by atoms with E-state index in [0.717, 1.165) is 19.3 Å². The third-order valence-electron chi connectivity index (χ3n) is 6.87. The predicted octanol–water partition coefficient (Wildman–Crippen LogP) is 1.87. The van der Waals surface area contributed by atoms with Gasteiger partial charge in [-0.2, -0.15) is 0 Å². The Labute approximate surface area is 179 Å². The standard InChI is InChI=1S/C22H37N3O5/c1-12(2)7-8-15-21(5,30-15)18-17(28-6)14(9-10-22(18)11-29-22)24-20(27)25-16(13(3)4)19(23)26/h7,13-18H,8-11H2,1-6H3,(H2,23,26)(H2,24,25,27)/t14-,15-,16?,17-,18-,21+,22+/m1/s1. The summed E-state index contributed by atoms with van der Waals surface area (Å²) in [4.78, 5) is 24.3. The second-order valence-corrected chi connectivity index (χ2v) is 9.73. The van der Waals surface area contributed by atoms with Crippen LogP contribution in [-0.2, 0) is 19.0 Å². The molecular weight excluding hydrogens is 386 g/mol. The maximum absolute atomic E-state index is 12.6. The Balaban J connectivity index is 1.71. The number of carbonyl (C=O) groups is 2. The summed E-state index contributed by atoms with van der Waals surface area (Å²) < 4.78 is 18.1. The highest BCUT2D eigenvalue weighted by Gasteiger charge is 2.71. The van der Waals surface area contributed by atoms with E-state index in [0.29, 0.717) is 6.61 Å². The molecular formula is C22H37N3O5. The van der Waals surface area contributed by atoms with Gasteiger partial charge in [0.1, 0.15) is 11.6 Å². The fraction of sp³-hybridized carbons (Fsp3) is 0.818. The molecule has 8 heteroatoms. The van der Waals surface area contributed by atoms with Crippen molar-refractivity contribution in [3.05, 3.63) is 11.6 Å². The van der Waals surface area contributed by atoms with Crippen molar-refractivity contribution in [1.29, 1.82) is 0 Å². The average molecular weight is 424 g/mol. The zero-order valence-electron chi connectivity index (χ0n) is 19.0. The van der Waals surface area contributed by atoms with E-state index < -0.39 is 18.0 Å². The van der Waals surface area contributed by atoms with E-state index >= 15 is 0 Å². The van der Waals surface area contributed by atoms with Crippen molar-refractivity contribution in [3.8, 4) is 0 Å². The molecule has 1 spiro atoms. The highest BCUT2D eigenvalue weighted by molar-refractivity contribution is 5.86. The Morgan fingerprint density at radius 1 is 1.33 bits per heavy atom. The molecule has 1 unspecified atom stereocenters. The molecule has 0 aromatic heterocycles. The number of hydrogen-bond acceptors (Lipinski definition) is 5. The summed E-state index contributed by atoms with van der Waals surface area (Å²) in [6, 6.07) is -1.34. The van der Waals surface area contributed by atoms with Gasteiger partial charge in [0.25, 0.3) is 0 Å². The fourth-order valence-electron chi connectivity index (χ4n) is 5.06. The van der Waals surface area contributed by atoms with Crippen molar-refractivity contribution in [2.75, 3.05) is 13.7 Å². The van der Waals surface area contributed by atoms with Crippen LogP contribution in [0.4, 0.5) is 4.79 Å². The molecule has 1 saturated carbocycles. The number of rotatable bonds is 8. The molecule has 3 rings (SSSR count). The highest BCUT2D eigenvalue weighted by atomic mass is 16.6. The number of amides is 3. The Bertz CT molecular complexity index is 701. The molecule has 2 saturated heterocycles. The van der Waals surface area contributed by atoms with Crippen molar-refractivity contribution in [3.63, 3.8) is 0 Å². The van der Waals surface area contributed by atoms with Crippen LogP contribution in [0.1, 0.15) is 53.9 Å². The van der Waals surface area contributed by atoms with Crippen LogP contribution >= 0.6 is 0 Å². The van der Waals surface area contributed by atoms with Gasteiger partial charge < -0.3 is 30.6 Å². The summed E-state index contributed by atoms with van der Waals surface area (Å²) in [5.74, 6) is -0.624. The van der Waals surface area contributed by atoms with Gasteiger partial charge in [0.15, 0.2) is 0 Å². The van der Waals surface area contributed by atoms with Crippen molar-refractivity contribution in [1.82, 2.24) is 10.6 Å². The Kier molecular flexibility index (Phi) is 6.51. The van der Waals surface area contributed by atoms with E-state index in [2.05, 4.69) is 37.5 Å². The molecule has 170 valence electrons. The molecule has 0 aromatic rings. The second kappa shape index (κ2) is 8.48. The monoisotopic (exact) mass is 423 g/mol. The number of hydrogen-bond donors (Lipinski definition) is 3. The van der Waals surface area contributed by atoms with Crippen LogP contribution in [-0.4, -0.2) is 61.1 Å². The number of primary amides is 1. The summed E-state index contributed by atoms with van der Waals surface area (Å²) in [6.45, 7) is 10.7. The van der Waals surface area contributed by atoms with Gasteiger partial charge in [0.2, 0.25) is 5.91 Å². The van der Waals surface area contributed by atoms with Gasteiger partial charge in [-0.3, -0.25) is 4.79 Å². The molecule has 8 nitrogen and oxygen atoms in total. The highest BCUT2D eigenvalue weighted by Crippen LogP contribution is 2.59. The zero-order valence-corrected chi connectivity index (χ0v) is 19.0. The number of nitrogens with two attached hydrogens (primary N) is 1. The van der Waals surface area contributed by atoms with Crippen LogP contribution in [0.3, 0.4) is 0 Å². The molecule has 2 heterocycles. The van der Waals surface area contributed by atoms with E-state index in [4.69, 9.17) is 19.9 Å². The number of nitrogens with one attached hydrogen (secondary N) is 2. The largest absolute Gasteiger partial charge is 0.379 e. The quantitative estimate of drug-likeness (QED) is 0.407. The zero-order chi connectivity index (χ0) is 22.3. The summed E-state index contributed by atoms with van der Waals surface area (Å²) in [6.07, 6.45) is 4.48. The first-order chi connectivity index (χ1) is 14.0. The summed E-state index contributed by atoms with van der Waals surface area (Å²) >= 11 is 0. The normalized spacial score (nSPS) is 38.1. The van der Waals surface area contributed by atoms with Crippen molar-refractivity contribution < 1.29 is 23.8 Å². The van der Waals surface area contributed by atoms with Crippen LogP contribution in [0.5, 0.6) is 0 Å². The molecule has 7 atom stereocenters. The lowest BCUT2D eigenvalue weighted by Gasteiger charge is -2.43. The maximum Gasteiger partial charge on any atom is 0.315 e. The Hall–Kier alpha value is -1.64. The third-order valence-corrected chi connectivity index (χ3v) is 6.87. The fourth-order valence-corrected chi connectivity index (χ4v) is 5.06. The number of carbonyl (C=O) groups excluding carboxylic acids is 2. The first-order valence-electron chi connectivity index (χ1n) is 10.9. The third kappa shape index (κ3) is 4.50. The lowest BCUT2D eigenvalue weighted by atomic mass is 9.67. The number of allylic oxidation sites excluding steroid dienone is 1. The summed E-state index contributed by atoms with van der Waals surface area (Å²) in [5.41, 5.74) is 6.10. The van der Waals surface area contributed by atoms with Gasteiger partial charge in [0.05, 0.1) is 30.5 Å². The Morgan fingerprint density at radius 2 is 2.00 bits per heavy atom. The van der Waals surface area contributed by atoms with E-state index in [1.807, 2.05) is 13.8 Å². The molecule has 3 fully saturated rings. The predicted molar refractivity (Wildman–Crippen MR) is 113 cm³/mol. The van der Waals surface area contributed by atoms with E-state index in [1.54, 1.807) is 7.11 Å². The van der Waals surface area contributed by atoms with Crippen LogP contribution in [0.2, 0.25) is 0 Å².